The number of nitrogens with zero attached hydrogens (tertiary/aromatic N) is 1. The van der Waals surface area contributed by atoms with E-state index in [1.807, 2.05) is 11.3 Å². The second kappa shape index (κ2) is 7.77. The number of likely N-dealkylation sites (tertiary alicyclic amines) is 1. The van der Waals surface area contributed by atoms with Crippen molar-refractivity contribution in [3.8, 4) is 0 Å². The van der Waals surface area contributed by atoms with Crippen molar-refractivity contribution < 1.29 is 9.53 Å². The van der Waals surface area contributed by atoms with Crippen LogP contribution in [0.15, 0.2) is 29.6 Å². The number of benzene rings is 1. The maximum atomic E-state index is 11.7. The molecule has 2 aliphatic carbocycles. The summed E-state index contributed by atoms with van der Waals surface area (Å²) in [6, 6.07) is 8.91. The Labute approximate surface area is 171 Å². The van der Waals surface area contributed by atoms with Crippen LogP contribution in [0.3, 0.4) is 0 Å². The summed E-state index contributed by atoms with van der Waals surface area (Å²) in [6.45, 7) is 5.84. The lowest BCUT2D eigenvalue weighted by molar-refractivity contribution is -0.122. The molecule has 1 aliphatic heterocycles. The average Bonchev–Trinajstić information content (AvgIpc) is 3.30. The van der Waals surface area contributed by atoms with Crippen LogP contribution in [-0.4, -0.2) is 42.6 Å². The molecule has 1 aromatic heterocycles. The van der Waals surface area contributed by atoms with Crippen LogP contribution in [0.2, 0.25) is 0 Å². The molecule has 5 heteroatoms. The highest BCUT2D eigenvalue weighted by atomic mass is 32.1. The Morgan fingerprint density at radius 1 is 1.21 bits per heavy atom. The van der Waals surface area contributed by atoms with Crippen molar-refractivity contribution in [3.05, 3.63) is 35.2 Å². The first-order chi connectivity index (χ1) is 13.7. The largest absolute Gasteiger partial charge is 0.376 e. The molecule has 1 saturated heterocycles. The molecule has 2 aromatic rings. The minimum absolute atomic E-state index is 0.0723. The quantitative estimate of drug-likeness (QED) is 0.798. The van der Waals surface area contributed by atoms with Crippen LogP contribution in [0.4, 0.5) is 0 Å². The van der Waals surface area contributed by atoms with Gasteiger partial charge in [0.25, 0.3) is 0 Å². The molecule has 2 heterocycles. The highest BCUT2D eigenvalue weighted by Gasteiger charge is 2.43. The summed E-state index contributed by atoms with van der Waals surface area (Å²) in [5.74, 6) is 2.20. The van der Waals surface area contributed by atoms with Crippen molar-refractivity contribution >= 4 is 27.3 Å². The van der Waals surface area contributed by atoms with Crippen molar-refractivity contribution in [2.24, 2.45) is 17.8 Å². The van der Waals surface area contributed by atoms with Crippen LogP contribution in [-0.2, 0) is 16.1 Å². The van der Waals surface area contributed by atoms with E-state index in [1.54, 1.807) is 6.92 Å². The standard InChI is InChI=1S/C23H30N2O2S/c1-15(26)24-21-8-17-10-25(11-18(17)9-22(21)27-13-16-6-7-16)12-19-14-28-23-5-3-2-4-20(19)23/h2-5,14,16-18,21-22H,6-13H2,1H3,(H,24,26)/t17-,18+,21-,22-/m1/s1. The van der Waals surface area contributed by atoms with Gasteiger partial charge in [0.05, 0.1) is 12.1 Å². The third kappa shape index (κ3) is 3.98. The Balaban J connectivity index is 1.25. The number of hydrogen-bond acceptors (Lipinski definition) is 4. The third-order valence-corrected chi connectivity index (χ3v) is 7.79. The number of rotatable bonds is 6. The summed E-state index contributed by atoms with van der Waals surface area (Å²) >= 11 is 1.85. The molecule has 0 spiro atoms. The fourth-order valence-electron chi connectivity index (χ4n) is 5.18. The smallest absolute Gasteiger partial charge is 0.217 e. The number of carbonyl (C=O) groups excluding carboxylic acids is 1. The first kappa shape index (κ1) is 18.6. The van der Waals surface area contributed by atoms with Gasteiger partial charge in [-0.05, 0) is 65.8 Å². The van der Waals surface area contributed by atoms with Gasteiger partial charge in [-0.3, -0.25) is 9.69 Å². The van der Waals surface area contributed by atoms with E-state index in [0.717, 1.165) is 45.0 Å². The maximum absolute atomic E-state index is 11.7. The summed E-state index contributed by atoms with van der Waals surface area (Å²) in [4.78, 5) is 14.3. The van der Waals surface area contributed by atoms with E-state index in [2.05, 4.69) is 39.9 Å². The lowest BCUT2D eigenvalue weighted by Gasteiger charge is -2.38. The Kier molecular flexibility index (Phi) is 5.16. The summed E-state index contributed by atoms with van der Waals surface area (Å²) in [5, 5.41) is 6.93. The molecule has 3 fully saturated rings. The lowest BCUT2D eigenvalue weighted by Crippen LogP contribution is -2.50. The van der Waals surface area contributed by atoms with Crippen LogP contribution in [0.25, 0.3) is 10.1 Å². The molecule has 1 aromatic carbocycles. The van der Waals surface area contributed by atoms with Gasteiger partial charge in [0.2, 0.25) is 5.91 Å². The molecule has 28 heavy (non-hydrogen) atoms. The molecular formula is C23H30N2O2S. The molecule has 4 atom stereocenters. The Hall–Kier alpha value is -1.43. The molecule has 5 rings (SSSR count). The summed E-state index contributed by atoms with van der Waals surface area (Å²) in [7, 11) is 0. The van der Waals surface area contributed by atoms with Gasteiger partial charge in [-0.1, -0.05) is 18.2 Å². The molecule has 0 radical (unpaired) electrons. The maximum Gasteiger partial charge on any atom is 0.217 e. The molecule has 1 amide bonds. The third-order valence-electron chi connectivity index (χ3n) is 6.78. The van der Waals surface area contributed by atoms with Crippen molar-refractivity contribution in [2.45, 2.75) is 51.3 Å². The Morgan fingerprint density at radius 3 is 2.79 bits per heavy atom. The highest BCUT2D eigenvalue weighted by Crippen LogP contribution is 2.40. The number of hydrogen-bond donors (Lipinski definition) is 1. The predicted octanol–water partition coefficient (Wildman–Crippen LogP) is 4.04. The van der Waals surface area contributed by atoms with Gasteiger partial charge in [0.1, 0.15) is 0 Å². The second-order valence-electron chi connectivity index (χ2n) is 9.06. The van der Waals surface area contributed by atoms with E-state index in [9.17, 15) is 4.79 Å². The van der Waals surface area contributed by atoms with E-state index in [-0.39, 0.29) is 18.1 Å². The zero-order valence-electron chi connectivity index (χ0n) is 16.6. The molecule has 0 unspecified atom stereocenters. The van der Waals surface area contributed by atoms with Gasteiger partial charge >= 0.3 is 0 Å². The number of ether oxygens (including phenoxy) is 1. The van der Waals surface area contributed by atoms with Crippen LogP contribution < -0.4 is 5.32 Å². The average molecular weight is 399 g/mol. The van der Waals surface area contributed by atoms with Crippen LogP contribution in [0.5, 0.6) is 0 Å². The van der Waals surface area contributed by atoms with E-state index in [0.29, 0.717) is 11.8 Å². The number of thiophene rings is 1. The van der Waals surface area contributed by atoms with Gasteiger partial charge in [0.15, 0.2) is 0 Å². The summed E-state index contributed by atoms with van der Waals surface area (Å²) in [5.41, 5.74) is 1.46. The number of amides is 1. The van der Waals surface area contributed by atoms with E-state index < -0.39 is 0 Å². The van der Waals surface area contributed by atoms with Gasteiger partial charge < -0.3 is 10.1 Å². The minimum atomic E-state index is 0.0723. The van der Waals surface area contributed by atoms with Gasteiger partial charge in [0, 0.05) is 37.9 Å². The lowest BCUT2D eigenvalue weighted by atomic mass is 9.77. The fourth-order valence-corrected chi connectivity index (χ4v) is 6.13. The van der Waals surface area contributed by atoms with E-state index >= 15 is 0 Å². The molecule has 1 N–H and O–H groups in total. The second-order valence-corrected chi connectivity index (χ2v) is 9.98. The van der Waals surface area contributed by atoms with Crippen molar-refractivity contribution in [3.63, 3.8) is 0 Å². The van der Waals surface area contributed by atoms with Gasteiger partial charge in [-0.25, -0.2) is 0 Å². The molecule has 3 aliphatic rings. The van der Waals surface area contributed by atoms with Crippen LogP contribution in [0, 0.1) is 17.8 Å². The van der Waals surface area contributed by atoms with Crippen molar-refractivity contribution in [1.29, 1.82) is 0 Å². The van der Waals surface area contributed by atoms with Gasteiger partial charge in [-0.2, -0.15) is 0 Å². The molecule has 2 saturated carbocycles. The number of nitrogens with one attached hydrogen (secondary N) is 1. The summed E-state index contributed by atoms with van der Waals surface area (Å²) in [6.07, 6.45) is 4.95. The zero-order chi connectivity index (χ0) is 19.1. The molecule has 0 bridgehead atoms. The topological polar surface area (TPSA) is 41.6 Å². The highest BCUT2D eigenvalue weighted by molar-refractivity contribution is 7.17. The molecular weight excluding hydrogens is 368 g/mol. The Morgan fingerprint density at radius 2 is 2.00 bits per heavy atom. The first-order valence-corrected chi connectivity index (χ1v) is 11.6. The van der Waals surface area contributed by atoms with Crippen molar-refractivity contribution in [1.82, 2.24) is 10.2 Å². The SMILES string of the molecule is CC(=O)N[C@@H]1C[C@@H]2CN(Cc3csc4ccccc34)C[C@@H]2C[C@H]1OCC1CC1. The summed E-state index contributed by atoms with van der Waals surface area (Å²) < 4.78 is 7.68. The zero-order valence-corrected chi connectivity index (χ0v) is 17.4. The molecule has 150 valence electrons. The fraction of sp³-hybridized carbons (Fsp3) is 0.609. The van der Waals surface area contributed by atoms with Crippen LogP contribution >= 0.6 is 11.3 Å². The molecule has 4 nitrogen and oxygen atoms in total. The predicted molar refractivity (Wildman–Crippen MR) is 113 cm³/mol. The first-order valence-electron chi connectivity index (χ1n) is 10.7. The minimum Gasteiger partial charge on any atom is -0.376 e. The number of fused-ring (bicyclic) bond motifs is 2. The van der Waals surface area contributed by atoms with Crippen molar-refractivity contribution in [2.75, 3.05) is 19.7 Å². The van der Waals surface area contributed by atoms with Gasteiger partial charge in [-0.15, -0.1) is 11.3 Å². The van der Waals surface area contributed by atoms with E-state index in [4.69, 9.17) is 4.74 Å². The van der Waals surface area contributed by atoms with E-state index in [1.165, 1.54) is 28.5 Å². The normalized spacial score (nSPS) is 30.5. The number of carbonyl (C=O) groups is 1. The monoisotopic (exact) mass is 398 g/mol. The van der Waals surface area contributed by atoms with Crippen LogP contribution in [0.1, 0.15) is 38.2 Å². The Bertz CT molecular complexity index is 846.